The molecule has 1 aromatic rings. The average Bonchev–Trinajstić information content (AvgIpc) is 3.54. The van der Waals surface area contributed by atoms with Gasteiger partial charge in [0.1, 0.15) is 18.1 Å². The van der Waals surface area contributed by atoms with E-state index in [2.05, 4.69) is 20.2 Å². The lowest BCUT2D eigenvalue weighted by atomic mass is 9.95. The number of hydrogen-bond acceptors (Lipinski definition) is 7. The summed E-state index contributed by atoms with van der Waals surface area (Å²) in [5, 5.41) is 3.13. The van der Waals surface area contributed by atoms with E-state index in [1.807, 2.05) is 4.90 Å². The minimum absolute atomic E-state index is 0.0668. The number of amides is 2. The number of nitrogens with two attached hydrogens (primary N) is 1. The van der Waals surface area contributed by atoms with Gasteiger partial charge in [-0.2, -0.15) is 0 Å². The van der Waals surface area contributed by atoms with E-state index in [9.17, 15) is 9.59 Å². The standard InChI is InChI=1S/C20H30N6O3/c21-20(28)17-8-22-9-18(24-17)23-7-16-12-26(19(27)13-29-16)11-15-3-5-25(6-4-15)10-14-1-2-14/h8-9,14-16H,1-7,10-13H2,(H2,21,28)(H,23,24)/t16-/m1/s1. The Morgan fingerprint density at radius 3 is 2.66 bits per heavy atom. The highest BCUT2D eigenvalue weighted by atomic mass is 16.5. The molecule has 1 saturated carbocycles. The van der Waals surface area contributed by atoms with E-state index in [1.54, 1.807) is 0 Å². The molecule has 3 fully saturated rings. The van der Waals surface area contributed by atoms with Crippen molar-refractivity contribution in [1.29, 1.82) is 0 Å². The van der Waals surface area contributed by atoms with Gasteiger partial charge in [0.15, 0.2) is 0 Å². The Morgan fingerprint density at radius 2 is 1.93 bits per heavy atom. The van der Waals surface area contributed by atoms with Crippen molar-refractivity contribution in [3.8, 4) is 0 Å². The number of carbonyl (C=O) groups excluding carboxylic acids is 2. The quantitative estimate of drug-likeness (QED) is 0.644. The molecular weight excluding hydrogens is 372 g/mol. The topological polar surface area (TPSA) is 114 Å². The molecule has 3 N–H and O–H groups in total. The van der Waals surface area contributed by atoms with Crippen molar-refractivity contribution in [3.05, 3.63) is 18.1 Å². The second kappa shape index (κ2) is 9.04. The van der Waals surface area contributed by atoms with Gasteiger partial charge in [-0.15, -0.1) is 0 Å². The number of hydrogen-bond donors (Lipinski definition) is 2. The van der Waals surface area contributed by atoms with E-state index in [4.69, 9.17) is 10.5 Å². The number of likely N-dealkylation sites (tertiary alicyclic amines) is 1. The van der Waals surface area contributed by atoms with Gasteiger partial charge in [0.25, 0.3) is 5.91 Å². The van der Waals surface area contributed by atoms with Crippen LogP contribution in [0.5, 0.6) is 0 Å². The van der Waals surface area contributed by atoms with Crippen molar-refractivity contribution in [1.82, 2.24) is 19.8 Å². The number of aromatic nitrogens is 2. The fourth-order valence-electron chi connectivity index (χ4n) is 4.10. The second-order valence-corrected chi connectivity index (χ2v) is 8.45. The molecule has 3 aliphatic rings. The van der Waals surface area contributed by atoms with E-state index in [1.165, 1.54) is 31.8 Å². The number of morpholine rings is 1. The summed E-state index contributed by atoms with van der Waals surface area (Å²) in [4.78, 5) is 36.2. The highest BCUT2D eigenvalue weighted by Gasteiger charge is 2.31. The Labute approximate surface area is 171 Å². The summed E-state index contributed by atoms with van der Waals surface area (Å²) in [5.74, 6) is 1.43. The molecule has 2 saturated heterocycles. The highest BCUT2D eigenvalue weighted by Crippen LogP contribution is 2.31. The lowest BCUT2D eigenvalue weighted by molar-refractivity contribution is -0.149. The predicted octanol–water partition coefficient (Wildman–Crippen LogP) is 0.337. The molecule has 1 aromatic heterocycles. The van der Waals surface area contributed by atoms with Crippen LogP contribution in [0.4, 0.5) is 5.82 Å². The van der Waals surface area contributed by atoms with E-state index < -0.39 is 5.91 Å². The van der Waals surface area contributed by atoms with Gasteiger partial charge >= 0.3 is 0 Å². The van der Waals surface area contributed by atoms with Crippen LogP contribution >= 0.6 is 0 Å². The summed E-state index contributed by atoms with van der Waals surface area (Å²) in [6.07, 6.45) is 7.87. The van der Waals surface area contributed by atoms with Crippen LogP contribution in [-0.4, -0.2) is 83.6 Å². The highest BCUT2D eigenvalue weighted by molar-refractivity contribution is 5.90. The third kappa shape index (κ3) is 5.63. The summed E-state index contributed by atoms with van der Waals surface area (Å²) >= 11 is 0. The van der Waals surface area contributed by atoms with Crippen molar-refractivity contribution >= 4 is 17.6 Å². The molecule has 9 nitrogen and oxygen atoms in total. The van der Waals surface area contributed by atoms with Crippen LogP contribution < -0.4 is 11.1 Å². The number of nitrogens with one attached hydrogen (secondary N) is 1. The van der Waals surface area contributed by atoms with Gasteiger partial charge in [0, 0.05) is 26.2 Å². The number of primary amides is 1. The number of anilines is 1. The van der Waals surface area contributed by atoms with E-state index in [0.29, 0.717) is 24.8 Å². The Morgan fingerprint density at radius 1 is 1.17 bits per heavy atom. The molecule has 0 aromatic carbocycles. The molecular formula is C20H30N6O3. The van der Waals surface area contributed by atoms with Crippen molar-refractivity contribution < 1.29 is 14.3 Å². The van der Waals surface area contributed by atoms with E-state index in [0.717, 1.165) is 38.4 Å². The lowest BCUT2D eigenvalue weighted by Gasteiger charge is -2.38. The Bertz CT molecular complexity index is 733. The van der Waals surface area contributed by atoms with Gasteiger partial charge in [0.2, 0.25) is 5.91 Å². The van der Waals surface area contributed by atoms with E-state index >= 15 is 0 Å². The molecule has 3 heterocycles. The molecule has 2 amide bonds. The SMILES string of the molecule is NC(=O)c1cncc(NC[C@@H]2CN(CC3CCN(CC4CC4)CC3)C(=O)CO2)n1. The van der Waals surface area contributed by atoms with Gasteiger partial charge in [-0.05, 0) is 50.6 Å². The molecule has 1 aliphatic carbocycles. The number of ether oxygens (including phenoxy) is 1. The Balaban J connectivity index is 1.23. The monoisotopic (exact) mass is 402 g/mol. The molecule has 9 heteroatoms. The average molecular weight is 402 g/mol. The Kier molecular flexibility index (Phi) is 6.25. The van der Waals surface area contributed by atoms with Gasteiger partial charge < -0.3 is 25.6 Å². The van der Waals surface area contributed by atoms with Gasteiger partial charge in [0.05, 0.1) is 18.5 Å². The maximum absolute atomic E-state index is 12.3. The minimum Gasteiger partial charge on any atom is -0.366 e. The van der Waals surface area contributed by atoms with E-state index in [-0.39, 0.29) is 24.3 Å². The number of carbonyl (C=O) groups is 2. The number of piperidine rings is 1. The molecule has 158 valence electrons. The first kappa shape index (κ1) is 20.0. The van der Waals surface area contributed by atoms with Crippen LogP contribution in [0, 0.1) is 11.8 Å². The van der Waals surface area contributed by atoms with Crippen molar-refractivity contribution in [2.24, 2.45) is 17.6 Å². The zero-order valence-electron chi connectivity index (χ0n) is 16.8. The smallest absolute Gasteiger partial charge is 0.268 e. The summed E-state index contributed by atoms with van der Waals surface area (Å²) < 4.78 is 5.68. The molecule has 2 aliphatic heterocycles. The normalized spacial score (nSPS) is 23.9. The lowest BCUT2D eigenvalue weighted by Crippen LogP contribution is -2.51. The predicted molar refractivity (Wildman–Crippen MR) is 107 cm³/mol. The maximum atomic E-state index is 12.3. The van der Waals surface area contributed by atoms with Crippen LogP contribution in [-0.2, 0) is 9.53 Å². The van der Waals surface area contributed by atoms with Crippen LogP contribution in [0.1, 0.15) is 36.2 Å². The largest absolute Gasteiger partial charge is 0.366 e. The Hall–Kier alpha value is -2.26. The maximum Gasteiger partial charge on any atom is 0.268 e. The molecule has 1 atom stereocenters. The summed E-state index contributed by atoms with van der Waals surface area (Å²) in [6.45, 7) is 5.54. The van der Waals surface area contributed by atoms with Crippen molar-refractivity contribution in [3.63, 3.8) is 0 Å². The van der Waals surface area contributed by atoms with Gasteiger partial charge in [-0.1, -0.05) is 0 Å². The molecule has 0 unspecified atom stereocenters. The third-order valence-corrected chi connectivity index (χ3v) is 6.02. The third-order valence-electron chi connectivity index (χ3n) is 6.02. The van der Waals surface area contributed by atoms with Gasteiger partial charge in [-0.3, -0.25) is 14.6 Å². The summed E-state index contributed by atoms with van der Waals surface area (Å²) in [6, 6.07) is 0. The van der Waals surface area contributed by atoms with Gasteiger partial charge in [-0.25, -0.2) is 4.98 Å². The van der Waals surface area contributed by atoms with Crippen molar-refractivity contribution in [2.75, 3.05) is 51.2 Å². The zero-order valence-corrected chi connectivity index (χ0v) is 16.8. The first-order valence-electron chi connectivity index (χ1n) is 10.5. The molecule has 4 rings (SSSR count). The zero-order chi connectivity index (χ0) is 20.2. The first-order chi connectivity index (χ1) is 14.1. The minimum atomic E-state index is -0.616. The number of rotatable bonds is 8. The van der Waals surface area contributed by atoms with Crippen LogP contribution in [0.25, 0.3) is 0 Å². The van der Waals surface area contributed by atoms with Crippen LogP contribution in [0.2, 0.25) is 0 Å². The van der Waals surface area contributed by atoms with Crippen LogP contribution in [0.3, 0.4) is 0 Å². The molecule has 29 heavy (non-hydrogen) atoms. The molecule has 0 spiro atoms. The molecule has 0 bridgehead atoms. The van der Waals surface area contributed by atoms with Crippen LogP contribution in [0.15, 0.2) is 12.4 Å². The summed E-state index contributed by atoms with van der Waals surface area (Å²) in [5.41, 5.74) is 5.35. The number of nitrogens with zero attached hydrogens (tertiary/aromatic N) is 4. The fourth-order valence-corrected chi connectivity index (χ4v) is 4.10. The molecule has 0 radical (unpaired) electrons. The van der Waals surface area contributed by atoms with Crippen molar-refractivity contribution in [2.45, 2.75) is 31.8 Å². The summed E-state index contributed by atoms with van der Waals surface area (Å²) in [7, 11) is 0. The fraction of sp³-hybridized carbons (Fsp3) is 0.700. The second-order valence-electron chi connectivity index (χ2n) is 8.45. The first-order valence-corrected chi connectivity index (χ1v) is 10.5.